The summed E-state index contributed by atoms with van der Waals surface area (Å²) in [5.41, 5.74) is -0.0278. The van der Waals surface area contributed by atoms with Crippen LogP contribution >= 0.6 is 0 Å². The monoisotopic (exact) mass is 296 g/mol. The van der Waals surface area contributed by atoms with Crippen LogP contribution in [0.1, 0.15) is 65.7 Å². The summed E-state index contributed by atoms with van der Waals surface area (Å²) in [7, 11) is 0. The maximum absolute atomic E-state index is 10.3. The lowest BCUT2D eigenvalue weighted by Gasteiger charge is -2.45. The average Bonchev–Trinajstić information content (AvgIpc) is 2.38. The lowest BCUT2D eigenvalue weighted by Crippen LogP contribution is -2.52. The number of hydrogen-bond donors (Lipinski definition) is 2. The van der Waals surface area contributed by atoms with Gasteiger partial charge >= 0.3 is 0 Å². The number of piperidine rings is 1. The number of rotatable bonds is 6. The van der Waals surface area contributed by atoms with E-state index in [-0.39, 0.29) is 0 Å². The van der Waals surface area contributed by atoms with Crippen LogP contribution in [-0.2, 0) is 0 Å². The molecule has 21 heavy (non-hydrogen) atoms. The fourth-order valence-electron chi connectivity index (χ4n) is 4.25. The van der Waals surface area contributed by atoms with Crippen molar-refractivity contribution in [2.45, 2.75) is 71.3 Å². The highest BCUT2D eigenvalue weighted by Gasteiger charge is 2.37. The molecule has 0 bridgehead atoms. The van der Waals surface area contributed by atoms with Crippen molar-refractivity contribution in [3.05, 3.63) is 0 Å². The molecule has 0 aromatic heterocycles. The van der Waals surface area contributed by atoms with Crippen LogP contribution < -0.4 is 5.32 Å². The van der Waals surface area contributed by atoms with Gasteiger partial charge in [0.15, 0.2) is 0 Å². The van der Waals surface area contributed by atoms with Crippen molar-refractivity contribution in [2.24, 2.45) is 11.3 Å². The first-order chi connectivity index (χ1) is 9.91. The first kappa shape index (κ1) is 17.2. The molecule has 1 saturated carbocycles. The summed E-state index contributed by atoms with van der Waals surface area (Å²) in [5.74, 6) is 0.723. The lowest BCUT2D eigenvalue weighted by atomic mass is 9.73. The minimum absolute atomic E-state index is 0.445. The third-order valence-electron chi connectivity index (χ3n) is 5.28. The van der Waals surface area contributed by atoms with E-state index in [2.05, 4.69) is 24.1 Å². The minimum atomic E-state index is -0.473. The highest BCUT2D eigenvalue weighted by molar-refractivity contribution is 4.91. The molecule has 1 saturated heterocycles. The minimum Gasteiger partial charge on any atom is -0.389 e. The number of aliphatic hydroxyl groups is 1. The molecule has 3 heteroatoms. The number of hydrogen-bond acceptors (Lipinski definition) is 3. The third-order valence-corrected chi connectivity index (χ3v) is 5.28. The van der Waals surface area contributed by atoms with E-state index >= 15 is 0 Å². The number of β-amino-alcohol motifs (C(OH)–C–C–N with tert-alkyl or cyclic N) is 1. The molecule has 0 spiro atoms. The van der Waals surface area contributed by atoms with Crippen LogP contribution in [0.15, 0.2) is 0 Å². The number of nitrogens with zero attached hydrogens (tertiary/aromatic N) is 1. The largest absolute Gasteiger partial charge is 0.389 e. The van der Waals surface area contributed by atoms with Crippen LogP contribution in [-0.4, -0.2) is 48.3 Å². The van der Waals surface area contributed by atoms with E-state index in [9.17, 15) is 5.11 Å². The Morgan fingerprint density at radius 3 is 2.43 bits per heavy atom. The summed E-state index contributed by atoms with van der Waals surface area (Å²) in [5, 5.41) is 14.1. The molecule has 1 unspecified atom stereocenters. The Labute approximate surface area is 131 Å². The van der Waals surface area contributed by atoms with Gasteiger partial charge in [0, 0.05) is 19.6 Å². The molecule has 0 aromatic rings. The molecule has 1 aliphatic carbocycles. The molecule has 2 aliphatic rings. The second-order valence-corrected chi connectivity index (χ2v) is 8.40. The van der Waals surface area contributed by atoms with Gasteiger partial charge in [0.25, 0.3) is 0 Å². The Kier molecular flexibility index (Phi) is 6.10. The van der Waals surface area contributed by atoms with E-state index in [0.29, 0.717) is 5.41 Å². The molecule has 1 heterocycles. The molecular formula is C18H36N2O. The van der Waals surface area contributed by atoms with E-state index in [1.165, 1.54) is 45.2 Å². The smallest absolute Gasteiger partial charge is 0.0746 e. The van der Waals surface area contributed by atoms with Crippen LogP contribution in [0.5, 0.6) is 0 Å². The molecule has 0 radical (unpaired) electrons. The Morgan fingerprint density at radius 1 is 1.10 bits per heavy atom. The summed E-state index contributed by atoms with van der Waals surface area (Å²) in [6, 6.07) is 0. The van der Waals surface area contributed by atoms with Crippen LogP contribution in [0.4, 0.5) is 0 Å². The molecule has 2 fully saturated rings. The van der Waals surface area contributed by atoms with E-state index in [0.717, 1.165) is 38.4 Å². The van der Waals surface area contributed by atoms with Crippen LogP contribution in [0, 0.1) is 11.3 Å². The van der Waals surface area contributed by atoms with E-state index in [1.54, 1.807) is 0 Å². The summed E-state index contributed by atoms with van der Waals surface area (Å²) in [6.07, 6.45) is 8.99. The van der Waals surface area contributed by atoms with E-state index in [1.807, 2.05) is 6.92 Å². The quantitative estimate of drug-likeness (QED) is 0.791. The molecule has 2 rings (SSSR count). The van der Waals surface area contributed by atoms with Crippen molar-refractivity contribution in [3.63, 3.8) is 0 Å². The molecule has 0 amide bonds. The molecule has 0 aromatic carbocycles. The Morgan fingerprint density at radius 2 is 1.81 bits per heavy atom. The summed E-state index contributed by atoms with van der Waals surface area (Å²) in [4.78, 5) is 2.53. The molecule has 3 nitrogen and oxygen atoms in total. The highest BCUT2D eigenvalue weighted by atomic mass is 16.3. The van der Waals surface area contributed by atoms with Crippen LogP contribution in [0.2, 0.25) is 0 Å². The summed E-state index contributed by atoms with van der Waals surface area (Å²) < 4.78 is 0. The standard InChI is InChI=1S/C18H36N2O/c1-16(2)12-19-13-18(9-5-4-6-10-18)15-20-11-7-8-17(3,21)14-20/h16,19,21H,4-15H2,1-3H3. The first-order valence-corrected chi connectivity index (χ1v) is 9.06. The van der Waals surface area contributed by atoms with Crippen molar-refractivity contribution in [3.8, 4) is 0 Å². The Hall–Kier alpha value is -0.120. The van der Waals surface area contributed by atoms with Gasteiger partial charge in [-0.1, -0.05) is 33.1 Å². The highest BCUT2D eigenvalue weighted by Crippen LogP contribution is 2.37. The second kappa shape index (κ2) is 7.43. The fraction of sp³-hybridized carbons (Fsp3) is 1.00. The van der Waals surface area contributed by atoms with Gasteiger partial charge in [0.2, 0.25) is 0 Å². The SMILES string of the molecule is CC(C)CNCC1(CN2CCCC(C)(O)C2)CCCCC1. The molecule has 1 atom stereocenters. The third kappa shape index (κ3) is 5.54. The zero-order chi connectivity index (χ0) is 15.3. The van der Waals surface area contributed by atoms with Crippen molar-refractivity contribution in [1.29, 1.82) is 0 Å². The molecular weight excluding hydrogens is 260 g/mol. The lowest BCUT2D eigenvalue weighted by molar-refractivity contribution is -0.0329. The van der Waals surface area contributed by atoms with Crippen molar-refractivity contribution >= 4 is 0 Å². The topological polar surface area (TPSA) is 35.5 Å². The second-order valence-electron chi connectivity index (χ2n) is 8.40. The summed E-state index contributed by atoms with van der Waals surface area (Å²) >= 11 is 0. The van der Waals surface area contributed by atoms with Gasteiger partial charge in [-0.05, 0) is 57.0 Å². The van der Waals surface area contributed by atoms with Gasteiger partial charge in [-0.3, -0.25) is 4.90 Å². The van der Waals surface area contributed by atoms with Gasteiger partial charge in [0.1, 0.15) is 0 Å². The van der Waals surface area contributed by atoms with Gasteiger partial charge in [-0.15, -0.1) is 0 Å². The fourth-order valence-corrected chi connectivity index (χ4v) is 4.25. The van der Waals surface area contributed by atoms with Crippen molar-refractivity contribution in [2.75, 3.05) is 32.7 Å². The molecule has 124 valence electrons. The number of likely N-dealkylation sites (tertiary alicyclic amines) is 1. The van der Waals surface area contributed by atoms with E-state index in [4.69, 9.17) is 0 Å². The van der Waals surface area contributed by atoms with Gasteiger partial charge in [-0.2, -0.15) is 0 Å². The van der Waals surface area contributed by atoms with Crippen molar-refractivity contribution in [1.82, 2.24) is 10.2 Å². The first-order valence-electron chi connectivity index (χ1n) is 9.06. The maximum atomic E-state index is 10.3. The molecule has 2 N–H and O–H groups in total. The van der Waals surface area contributed by atoms with Crippen LogP contribution in [0.3, 0.4) is 0 Å². The normalized spacial score (nSPS) is 30.7. The predicted molar refractivity (Wildman–Crippen MR) is 89.5 cm³/mol. The Balaban J connectivity index is 1.92. The predicted octanol–water partition coefficient (Wildman–Crippen LogP) is 3.03. The number of nitrogens with one attached hydrogen (secondary N) is 1. The van der Waals surface area contributed by atoms with E-state index < -0.39 is 5.60 Å². The average molecular weight is 296 g/mol. The van der Waals surface area contributed by atoms with Gasteiger partial charge in [-0.25, -0.2) is 0 Å². The van der Waals surface area contributed by atoms with Gasteiger partial charge in [0.05, 0.1) is 5.60 Å². The van der Waals surface area contributed by atoms with Crippen LogP contribution in [0.25, 0.3) is 0 Å². The molecule has 1 aliphatic heterocycles. The Bertz CT molecular complexity index is 308. The zero-order valence-corrected chi connectivity index (χ0v) is 14.5. The maximum Gasteiger partial charge on any atom is 0.0746 e. The summed E-state index contributed by atoms with van der Waals surface area (Å²) in [6.45, 7) is 12.0. The van der Waals surface area contributed by atoms with Crippen molar-refractivity contribution < 1.29 is 5.11 Å². The van der Waals surface area contributed by atoms with Gasteiger partial charge < -0.3 is 10.4 Å². The zero-order valence-electron chi connectivity index (χ0n) is 14.5.